The lowest BCUT2D eigenvalue weighted by Crippen LogP contribution is -2.62. The molecule has 2 amide bonds. The molecule has 0 aromatic rings. The van der Waals surface area contributed by atoms with Gasteiger partial charge in [-0.3, -0.25) is 9.59 Å². The highest BCUT2D eigenvalue weighted by atomic mass is 16.2. The number of fused-ring (bicyclic) bond motifs is 1. The van der Waals surface area contributed by atoms with E-state index in [2.05, 4.69) is 0 Å². The Kier molecular flexibility index (Phi) is 1.82. The van der Waals surface area contributed by atoms with Gasteiger partial charge in [-0.1, -0.05) is 0 Å². The minimum absolute atomic E-state index is 0.130. The molecule has 0 spiro atoms. The maximum atomic E-state index is 12.2. The minimum atomic E-state index is -0.223. The average molecular weight is 208 g/mol. The van der Waals surface area contributed by atoms with Crippen molar-refractivity contribution in [1.29, 1.82) is 0 Å². The van der Waals surface area contributed by atoms with Crippen LogP contribution >= 0.6 is 0 Å². The molecule has 2 unspecified atom stereocenters. The van der Waals surface area contributed by atoms with E-state index in [0.29, 0.717) is 6.04 Å². The molecule has 0 N–H and O–H groups in total. The van der Waals surface area contributed by atoms with E-state index in [-0.39, 0.29) is 23.9 Å². The number of carbonyl (C=O) groups is 2. The standard InChI is InChI=1S/C11H16N2O2/c1-7-10(14)12-6-2-3-9(12)11(15)13(7)8-4-5-8/h7-9H,2-6H2,1H3. The molecule has 4 heteroatoms. The third kappa shape index (κ3) is 1.20. The first-order chi connectivity index (χ1) is 7.20. The van der Waals surface area contributed by atoms with Crippen molar-refractivity contribution >= 4 is 11.8 Å². The lowest BCUT2D eigenvalue weighted by molar-refractivity contribution is -0.159. The summed E-state index contributed by atoms with van der Waals surface area (Å²) in [5, 5.41) is 0. The maximum Gasteiger partial charge on any atom is 0.246 e. The van der Waals surface area contributed by atoms with Gasteiger partial charge in [-0.2, -0.15) is 0 Å². The molecule has 3 fully saturated rings. The summed E-state index contributed by atoms with van der Waals surface area (Å²) < 4.78 is 0. The van der Waals surface area contributed by atoms with Crippen LogP contribution in [-0.2, 0) is 9.59 Å². The fourth-order valence-electron chi connectivity index (χ4n) is 2.86. The van der Waals surface area contributed by atoms with Crippen LogP contribution in [0, 0.1) is 0 Å². The minimum Gasteiger partial charge on any atom is -0.329 e. The SMILES string of the molecule is CC1C(=O)N2CCCC2C(=O)N1C1CC1. The first-order valence-electron chi connectivity index (χ1n) is 5.83. The molecule has 0 bridgehead atoms. The predicted octanol–water partition coefficient (Wildman–Crippen LogP) is 0.370. The second kappa shape index (κ2) is 2.97. The third-order valence-corrected chi connectivity index (χ3v) is 3.79. The molecule has 3 rings (SSSR count). The molecule has 0 aromatic heterocycles. The molecule has 2 atom stereocenters. The molecule has 3 aliphatic rings. The smallest absolute Gasteiger partial charge is 0.246 e. The summed E-state index contributed by atoms with van der Waals surface area (Å²) in [5.41, 5.74) is 0. The summed E-state index contributed by atoms with van der Waals surface area (Å²) in [7, 11) is 0. The zero-order valence-corrected chi connectivity index (χ0v) is 8.98. The van der Waals surface area contributed by atoms with Crippen LogP contribution in [0.2, 0.25) is 0 Å². The van der Waals surface area contributed by atoms with E-state index in [0.717, 1.165) is 32.2 Å². The molecular weight excluding hydrogens is 192 g/mol. The van der Waals surface area contributed by atoms with Gasteiger partial charge in [0.2, 0.25) is 11.8 Å². The lowest BCUT2D eigenvalue weighted by Gasteiger charge is -2.41. The largest absolute Gasteiger partial charge is 0.329 e. The van der Waals surface area contributed by atoms with Gasteiger partial charge in [0, 0.05) is 12.6 Å². The maximum absolute atomic E-state index is 12.2. The van der Waals surface area contributed by atoms with Crippen molar-refractivity contribution < 1.29 is 9.59 Å². The van der Waals surface area contributed by atoms with Crippen LogP contribution in [0.3, 0.4) is 0 Å². The Bertz CT molecular complexity index is 325. The number of hydrogen-bond donors (Lipinski definition) is 0. The molecular formula is C11H16N2O2. The third-order valence-electron chi connectivity index (χ3n) is 3.79. The van der Waals surface area contributed by atoms with Gasteiger partial charge in [-0.25, -0.2) is 0 Å². The molecule has 82 valence electrons. The van der Waals surface area contributed by atoms with Gasteiger partial charge in [0.25, 0.3) is 0 Å². The van der Waals surface area contributed by atoms with Crippen LogP contribution < -0.4 is 0 Å². The zero-order valence-electron chi connectivity index (χ0n) is 8.98. The van der Waals surface area contributed by atoms with Crippen molar-refractivity contribution in [2.24, 2.45) is 0 Å². The summed E-state index contributed by atoms with van der Waals surface area (Å²) in [6.45, 7) is 2.64. The highest BCUT2D eigenvalue weighted by Gasteiger charge is 2.50. The quantitative estimate of drug-likeness (QED) is 0.624. The molecule has 0 aromatic carbocycles. The summed E-state index contributed by atoms with van der Waals surface area (Å²) in [6, 6.07) is 0.00727. The fourth-order valence-corrected chi connectivity index (χ4v) is 2.86. The highest BCUT2D eigenvalue weighted by molar-refractivity contribution is 5.97. The van der Waals surface area contributed by atoms with Gasteiger partial charge in [0.1, 0.15) is 12.1 Å². The van der Waals surface area contributed by atoms with Crippen LogP contribution in [0.4, 0.5) is 0 Å². The Hall–Kier alpha value is -1.06. The van der Waals surface area contributed by atoms with E-state index in [1.54, 1.807) is 4.90 Å². The van der Waals surface area contributed by atoms with Crippen LogP contribution in [0.15, 0.2) is 0 Å². The van der Waals surface area contributed by atoms with Crippen molar-refractivity contribution in [3.05, 3.63) is 0 Å². The molecule has 2 aliphatic heterocycles. The number of nitrogens with zero attached hydrogens (tertiary/aromatic N) is 2. The second-order valence-corrected chi connectivity index (χ2v) is 4.84. The van der Waals surface area contributed by atoms with Crippen molar-refractivity contribution in [2.45, 2.75) is 50.7 Å². The zero-order chi connectivity index (χ0) is 10.6. The van der Waals surface area contributed by atoms with Gasteiger partial charge in [-0.05, 0) is 32.6 Å². The van der Waals surface area contributed by atoms with E-state index in [9.17, 15) is 9.59 Å². The van der Waals surface area contributed by atoms with E-state index < -0.39 is 0 Å². The number of hydrogen-bond acceptors (Lipinski definition) is 2. The topological polar surface area (TPSA) is 40.6 Å². The summed E-state index contributed by atoms with van der Waals surface area (Å²) in [6.07, 6.45) is 4.00. The van der Waals surface area contributed by atoms with Gasteiger partial charge >= 0.3 is 0 Å². The summed E-state index contributed by atoms with van der Waals surface area (Å²) >= 11 is 0. The van der Waals surface area contributed by atoms with Crippen LogP contribution in [0.5, 0.6) is 0 Å². The van der Waals surface area contributed by atoms with E-state index in [1.807, 2.05) is 11.8 Å². The number of piperazine rings is 1. The highest BCUT2D eigenvalue weighted by Crippen LogP contribution is 2.35. The molecule has 0 radical (unpaired) electrons. The van der Waals surface area contributed by atoms with Crippen LogP contribution in [-0.4, -0.2) is 46.3 Å². The summed E-state index contributed by atoms with van der Waals surface area (Å²) in [5.74, 6) is 0.353. The fraction of sp³-hybridized carbons (Fsp3) is 0.818. The number of rotatable bonds is 1. The van der Waals surface area contributed by atoms with Crippen molar-refractivity contribution in [1.82, 2.24) is 9.80 Å². The predicted molar refractivity (Wildman–Crippen MR) is 54.1 cm³/mol. The summed E-state index contributed by atoms with van der Waals surface area (Å²) in [4.78, 5) is 27.8. The van der Waals surface area contributed by atoms with E-state index in [4.69, 9.17) is 0 Å². The molecule has 1 saturated carbocycles. The Morgan fingerprint density at radius 3 is 2.53 bits per heavy atom. The van der Waals surface area contributed by atoms with Crippen molar-refractivity contribution in [3.8, 4) is 0 Å². The van der Waals surface area contributed by atoms with Gasteiger partial charge in [0.15, 0.2) is 0 Å². The molecule has 2 heterocycles. The Balaban J connectivity index is 1.91. The average Bonchev–Trinajstić information content (AvgIpc) is 2.92. The first-order valence-corrected chi connectivity index (χ1v) is 5.83. The monoisotopic (exact) mass is 208 g/mol. The van der Waals surface area contributed by atoms with Crippen LogP contribution in [0.1, 0.15) is 32.6 Å². The Morgan fingerprint density at radius 1 is 1.13 bits per heavy atom. The molecule has 4 nitrogen and oxygen atoms in total. The van der Waals surface area contributed by atoms with Crippen molar-refractivity contribution in [3.63, 3.8) is 0 Å². The Morgan fingerprint density at radius 2 is 1.87 bits per heavy atom. The second-order valence-electron chi connectivity index (χ2n) is 4.84. The van der Waals surface area contributed by atoms with Gasteiger partial charge < -0.3 is 9.80 Å². The molecule has 15 heavy (non-hydrogen) atoms. The van der Waals surface area contributed by atoms with Crippen LogP contribution in [0.25, 0.3) is 0 Å². The Labute approximate surface area is 89.2 Å². The van der Waals surface area contributed by atoms with Crippen molar-refractivity contribution in [2.75, 3.05) is 6.54 Å². The van der Waals surface area contributed by atoms with E-state index in [1.165, 1.54) is 0 Å². The van der Waals surface area contributed by atoms with Gasteiger partial charge in [-0.15, -0.1) is 0 Å². The normalized spacial score (nSPS) is 36.1. The lowest BCUT2D eigenvalue weighted by atomic mass is 10.1. The number of carbonyl (C=O) groups excluding carboxylic acids is 2. The first kappa shape index (κ1) is 9.19. The number of amides is 2. The molecule has 2 saturated heterocycles. The van der Waals surface area contributed by atoms with Gasteiger partial charge in [0.05, 0.1) is 0 Å². The van der Waals surface area contributed by atoms with E-state index >= 15 is 0 Å². The molecule has 1 aliphatic carbocycles.